The van der Waals surface area contributed by atoms with Gasteiger partial charge in [0.1, 0.15) is 11.9 Å². The van der Waals surface area contributed by atoms with Gasteiger partial charge in [-0.25, -0.2) is 0 Å². The number of benzene rings is 2. The van der Waals surface area contributed by atoms with Crippen LogP contribution in [0.1, 0.15) is 29.0 Å². The van der Waals surface area contributed by atoms with Crippen LogP contribution in [0.3, 0.4) is 0 Å². The van der Waals surface area contributed by atoms with Gasteiger partial charge in [-0.05, 0) is 46.4 Å². The van der Waals surface area contributed by atoms with Crippen LogP contribution in [0.15, 0.2) is 76.4 Å². The molecule has 3 aromatic rings. The predicted octanol–water partition coefficient (Wildman–Crippen LogP) is 6.29. The highest BCUT2D eigenvalue weighted by Gasteiger charge is 2.41. The van der Waals surface area contributed by atoms with Crippen LogP contribution in [0.5, 0.6) is 5.75 Å². The summed E-state index contributed by atoms with van der Waals surface area (Å²) < 4.78 is 10.4. The zero-order valence-electron chi connectivity index (χ0n) is 14.5. The van der Waals surface area contributed by atoms with E-state index in [4.69, 9.17) is 4.74 Å². The van der Waals surface area contributed by atoms with Crippen molar-refractivity contribution in [2.75, 3.05) is 0 Å². The Morgan fingerprint density at radius 1 is 0.963 bits per heavy atom. The second-order valence-electron chi connectivity index (χ2n) is 7.80. The number of nitrogens with zero attached hydrogens (tertiary/aromatic N) is 1. The molecule has 0 spiro atoms. The van der Waals surface area contributed by atoms with Gasteiger partial charge in [0.25, 0.3) is 0 Å². The summed E-state index contributed by atoms with van der Waals surface area (Å²) >= 11 is 2.44. The van der Waals surface area contributed by atoms with Crippen molar-refractivity contribution in [3.8, 4) is 5.75 Å². The molecule has 0 amide bonds. The van der Waals surface area contributed by atoms with Crippen molar-refractivity contribution in [3.05, 3.63) is 87.6 Å². The van der Waals surface area contributed by atoms with Crippen LogP contribution in [0.2, 0.25) is 0 Å². The highest BCUT2D eigenvalue weighted by Crippen LogP contribution is 2.56. The maximum atomic E-state index is 6.52. The van der Waals surface area contributed by atoms with E-state index in [1.807, 2.05) is 0 Å². The molecular weight excluding hydrogens is 445 g/mol. The lowest BCUT2D eigenvalue weighted by Gasteiger charge is -2.21. The number of halogens is 1. The Kier molecular flexibility index (Phi) is 2.71. The molecule has 2 aliphatic heterocycles. The lowest BCUT2D eigenvalue weighted by atomic mass is 9.85. The number of para-hydroxylation sites is 1. The Labute approximate surface area is 170 Å². The van der Waals surface area contributed by atoms with E-state index in [2.05, 4.69) is 100 Å². The third-order valence-corrected chi connectivity index (χ3v) is 7.22. The van der Waals surface area contributed by atoms with Crippen molar-refractivity contribution in [1.29, 1.82) is 0 Å². The molecule has 27 heavy (non-hydrogen) atoms. The molecule has 1 aromatic heterocycles. The van der Waals surface area contributed by atoms with Gasteiger partial charge in [-0.2, -0.15) is 0 Å². The van der Waals surface area contributed by atoms with E-state index in [0.717, 1.165) is 5.75 Å². The molecule has 4 atom stereocenters. The first-order chi connectivity index (χ1) is 13.3. The van der Waals surface area contributed by atoms with E-state index in [-0.39, 0.29) is 6.10 Å². The van der Waals surface area contributed by atoms with Crippen LogP contribution in [0, 0.1) is 0 Å². The predicted molar refractivity (Wildman–Crippen MR) is 118 cm³/mol. The van der Waals surface area contributed by atoms with Crippen LogP contribution in [-0.2, 0) is 0 Å². The van der Waals surface area contributed by atoms with Gasteiger partial charge in [0.2, 0.25) is 0 Å². The molecule has 0 saturated carbocycles. The Bertz CT molecular complexity index is 1290. The van der Waals surface area contributed by atoms with E-state index in [9.17, 15) is 0 Å². The quantitative estimate of drug-likeness (QED) is 0.359. The molecule has 0 bridgehead atoms. The lowest BCUT2D eigenvalue weighted by Crippen LogP contribution is -2.15. The molecular formula is C24H16INO. The molecule has 2 aromatic carbocycles. The topological polar surface area (TPSA) is 14.2 Å². The molecule has 4 unspecified atom stereocenters. The molecule has 0 radical (unpaired) electrons. The highest BCUT2D eigenvalue weighted by molar-refractivity contribution is 14.1. The van der Waals surface area contributed by atoms with Crippen LogP contribution in [0.4, 0.5) is 0 Å². The van der Waals surface area contributed by atoms with E-state index in [1.165, 1.54) is 36.5 Å². The van der Waals surface area contributed by atoms with Crippen LogP contribution >= 0.6 is 22.6 Å². The van der Waals surface area contributed by atoms with E-state index in [1.54, 1.807) is 0 Å². The highest BCUT2D eigenvalue weighted by atomic mass is 127. The number of hydrogen-bond acceptors (Lipinski definition) is 1. The van der Waals surface area contributed by atoms with E-state index >= 15 is 0 Å². The van der Waals surface area contributed by atoms with Crippen LogP contribution < -0.4 is 4.74 Å². The molecule has 2 nitrogen and oxygen atoms in total. The Morgan fingerprint density at radius 2 is 1.85 bits per heavy atom. The van der Waals surface area contributed by atoms with Crippen molar-refractivity contribution < 1.29 is 4.74 Å². The van der Waals surface area contributed by atoms with Crippen LogP contribution in [-0.4, -0.2) is 10.7 Å². The normalized spacial score (nSPS) is 29.0. The van der Waals surface area contributed by atoms with Gasteiger partial charge >= 0.3 is 0 Å². The lowest BCUT2D eigenvalue weighted by molar-refractivity contribution is 0.271. The van der Waals surface area contributed by atoms with Crippen molar-refractivity contribution in [2.24, 2.45) is 0 Å². The summed E-state index contributed by atoms with van der Waals surface area (Å²) in [5.74, 6) is 1.83. The molecule has 2 aliphatic carbocycles. The second-order valence-corrected chi connectivity index (χ2v) is 9.05. The number of fused-ring (bicyclic) bond motifs is 10. The van der Waals surface area contributed by atoms with Gasteiger partial charge < -0.3 is 9.30 Å². The Morgan fingerprint density at radius 3 is 2.81 bits per heavy atom. The maximum absolute atomic E-state index is 6.52. The molecule has 3 heteroatoms. The molecule has 7 rings (SSSR count). The summed E-state index contributed by atoms with van der Waals surface area (Å²) in [5, 5.41) is 2.62. The minimum atomic E-state index is 0.128. The first kappa shape index (κ1) is 14.7. The zero-order valence-corrected chi connectivity index (χ0v) is 16.6. The Hall–Kier alpha value is -2.27. The van der Waals surface area contributed by atoms with Crippen molar-refractivity contribution >= 4 is 44.4 Å². The molecule has 130 valence electrons. The molecule has 3 heterocycles. The fraction of sp³-hybridized carbons (Fsp3) is 0.167. The fourth-order valence-corrected chi connectivity index (χ4v) is 6.03. The van der Waals surface area contributed by atoms with Gasteiger partial charge in [-0.15, -0.1) is 0 Å². The first-order valence-electron chi connectivity index (χ1n) is 9.48. The van der Waals surface area contributed by atoms with E-state index < -0.39 is 0 Å². The average Bonchev–Trinajstić information content (AvgIpc) is 3.33. The smallest absolute Gasteiger partial charge is 0.134 e. The Balaban J connectivity index is 1.65. The SMILES string of the molecule is IC1=CC2c3cc4c(c5c6ccccc6n(c35)C2C=C1)OC1C=CC=CC41. The molecule has 0 fully saturated rings. The van der Waals surface area contributed by atoms with Crippen LogP contribution in [0.25, 0.3) is 21.8 Å². The average molecular weight is 461 g/mol. The number of ether oxygens (including phenoxy) is 1. The molecule has 0 saturated heterocycles. The monoisotopic (exact) mass is 461 g/mol. The third kappa shape index (κ3) is 1.72. The van der Waals surface area contributed by atoms with E-state index in [0.29, 0.717) is 17.9 Å². The van der Waals surface area contributed by atoms with Crippen molar-refractivity contribution in [2.45, 2.75) is 24.0 Å². The van der Waals surface area contributed by atoms with Crippen molar-refractivity contribution in [3.63, 3.8) is 0 Å². The van der Waals surface area contributed by atoms with Gasteiger partial charge in [0.05, 0.1) is 16.9 Å². The maximum Gasteiger partial charge on any atom is 0.134 e. The standard InChI is InChI=1S/C24H16INO/c25-13-9-10-20-16(11-13)17-12-18-14-5-2-4-8-21(14)27-24(18)22-15-6-1-3-7-19(15)26(20)23(17)22/h1-12,14,16,20-21H. The van der Waals surface area contributed by atoms with Gasteiger partial charge in [-0.3, -0.25) is 0 Å². The fourth-order valence-electron chi connectivity index (χ4n) is 5.43. The molecule has 4 aliphatic rings. The van der Waals surface area contributed by atoms with Crippen molar-refractivity contribution in [1.82, 2.24) is 4.57 Å². The first-order valence-corrected chi connectivity index (χ1v) is 10.6. The van der Waals surface area contributed by atoms with Gasteiger partial charge in [0.15, 0.2) is 0 Å². The number of hydrogen-bond donors (Lipinski definition) is 0. The zero-order chi connectivity index (χ0) is 17.7. The molecule has 0 N–H and O–H groups in total. The third-order valence-electron chi connectivity index (χ3n) is 6.50. The summed E-state index contributed by atoms with van der Waals surface area (Å²) in [6.07, 6.45) is 15.9. The van der Waals surface area contributed by atoms with Gasteiger partial charge in [-0.1, -0.05) is 54.7 Å². The number of aromatic nitrogens is 1. The largest absolute Gasteiger partial charge is 0.484 e. The summed E-state index contributed by atoms with van der Waals surface area (Å²) in [7, 11) is 0. The van der Waals surface area contributed by atoms with Gasteiger partial charge in [0, 0.05) is 31.9 Å². The summed E-state index contributed by atoms with van der Waals surface area (Å²) in [6.45, 7) is 0. The summed E-state index contributed by atoms with van der Waals surface area (Å²) in [4.78, 5) is 0. The minimum absolute atomic E-state index is 0.128. The summed E-state index contributed by atoms with van der Waals surface area (Å²) in [6, 6.07) is 11.6. The number of rotatable bonds is 0. The minimum Gasteiger partial charge on any atom is -0.484 e. The number of allylic oxidation sites excluding steroid dienone is 6. The second kappa shape index (κ2) is 4.96. The summed E-state index contributed by atoms with van der Waals surface area (Å²) in [5.41, 5.74) is 5.48.